The van der Waals surface area contributed by atoms with Gasteiger partial charge in [0.05, 0.1) is 18.6 Å². The van der Waals surface area contributed by atoms with E-state index >= 15 is 0 Å². The van der Waals surface area contributed by atoms with Crippen molar-refractivity contribution in [2.75, 3.05) is 0 Å². The summed E-state index contributed by atoms with van der Waals surface area (Å²) in [4.78, 5) is 26.8. The molecule has 1 aromatic heterocycles. The summed E-state index contributed by atoms with van der Waals surface area (Å²) in [6.45, 7) is -0.836. The molecule has 18 heavy (non-hydrogen) atoms. The molecule has 0 atom stereocenters. The second kappa shape index (κ2) is 4.83. The van der Waals surface area contributed by atoms with Crippen LogP contribution in [0.5, 0.6) is 0 Å². The van der Waals surface area contributed by atoms with E-state index in [2.05, 4.69) is 4.98 Å². The minimum atomic E-state index is -2.72. The lowest BCUT2D eigenvalue weighted by atomic mass is 9.81. The highest BCUT2D eigenvalue weighted by Gasteiger charge is 2.29. The van der Waals surface area contributed by atoms with Crippen LogP contribution in [0.1, 0.15) is 41.2 Å². The largest absolute Gasteiger partial charge is 0.477 e. The predicted octanol–water partition coefficient (Wildman–Crippen LogP) is 1.47. The molecule has 1 aliphatic carbocycles. The summed E-state index contributed by atoms with van der Waals surface area (Å²) in [5.74, 6) is -1.44. The maximum atomic E-state index is 12.2. The van der Waals surface area contributed by atoms with E-state index < -0.39 is 30.1 Å². The molecule has 0 radical (unpaired) electrons. The van der Waals surface area contributed by atoms with Gasteiger partial charge in [-0.05, 0) is 12.8 Å². The lowest BCUT2D eigenvalue weighted by molar-refractivity contribution is 0.0688. The van der Waals surface area contributed by atoms with Crippen molar-refractivity contribution in [3.05, 3.63) is 27.9 Å². The number of hydrogen-bond acceptors (Lipinski definition) is 3. The molecule has 7 heteroatoms. The molecule has 0 spiro atoms. The average molecular weight is 258 g/mol. The molecule has 0 unspecified atom stereocenters. The van der Waals surface area contributed by atoms with Crippen LogP contribution in [-0.2, 0) is 6.54 Å². The zero-order chi connectivity index (χ0) is 13.3. The van der Waals surface area contributed by atoms with Crippen molar-refractivity contribution >= 4 is 5.97 Å². The van der Waals surface area contributed by atoms with Crippen molar-refractivity contribution in [1.29, 1.82) is 0 Å². The molecule has 5 nitrogen and oxygen atoms in total. The van der Waals surface area contributed by atoms with Gasteiger partial charge in [-0.15, -0.1) is 0 Å². The first-order chi connectivity index (χ1) is 8.50. The molecule has 1 saturated carbocycles. The molecule has 1 aliphatic rings. The molecule has 0 aliphatic heterocycles. The molecule has 1 heterocycles. The fourth-order valence-corrected chi connectivity index (χ4v) is 1.97. The van der Waals surface area contributed by atoms with Crippen LogP contribution in [0.2, 0.25) is 0 Å². The first kappa shape index (κ1) is 12.7. The Bertz CT molecular complexity index is 524. The van der Waals surface area contributed by atoms with E-state index in [4.69, 9.17) is 5.11 Å². The monoisotopic (exact) mass is 258 g/mol. The van der Waals surface area contributed by atoms with Crippen molar-refractivity contribution in [3.63, 3.8) is 0 Å². The molecule has 0 amide bonds. The van der Waals surface area contributed by atoms with Crippen LogP contribution in [0, 0.1) is 0 Å². The number of nitrogens with zero attached hydrogens (tertiary/aromatic N) is 2. The van der Waals surface area contributed by atoms with Crippen LogP contribution in [0.4, 0.5) is 8.78 Å². The quantitative estimate of drug-likeness (QED) is 0.887. The second-order valence-corrected chi connectivity index (χ2v) is 4.29. The summed E-state index contributed by atoms with van der Waals surface area (Å²) in [5.41, 5.74) is -1.15. The van der Waals surface area contributed by atoms with Gasteiger partial charge in [-0.25, -0.2) is 18.6 Å². The van der Waals surface area contributed by atoms with E-state index in [1.54, 1.807) is 0 Å². The molecule has 1 N–H and O–H groups in total. The third kappa shape index (κ3) is 2.25. The number of hydrogen-bond donors (Lipinski definition) is 1. The van der Waals surface area contributed by atoms with Crippen molar-refractivity contribution in [2.45, 2.75) is 38.2 Å². The zero-order valence-electron chi connectivity index (χ0n) is 9.47. The average Bonchev–Trinajstić information content (AvgIpc) is 2.18. The van der Waals surface area contributed by atoms with Gasteiger partial charge in [0.2, 0.25) is 0 Å². The highest BCUT2D eigenvalue weighted by atomic mass is 19.3. The van der Waals surface area contributed by atoms with Crippen LogP contribution >= 0.6 is 0 Å². The highest BCUT2D eigenvalue weighted by Crippen LogP contribution is 2.35. The number of aromatic carboxylic acids is 1. The van der Waals surface area contributed by atoms with E-state index in [9.17, 15) is 18.4 Å². The van der Waals surface area contributed by atoms with Gasteiger partial charge < -0.3 is 5.11 Å². The summed E-state index contributed by atoms with van der Waals surface area (Å²) in [7, 11) is 0. The first-order valence-corrected chi connectivity index (χ1v) is 5.61. The standard InChI is InChI=1S/C11H12F2N2O3/c12-7(13)4-15-5-14-9(6-2-1-3-6)8(10(15)16)11(17)18/h5-7H,1-4H2,(H,17,18). The van der Waals surface area contributed by atoms with E-state index in [0.717, 1.165) is 25.6 Å². The van der Waals surface area contributed by atoms with Gasteiger partial charge in [0.25, 0.3) is 12.0 Å². The SMILES string of the molecule is O=C(O)c1c(C2CCC2)ncn(CC(F)F)c1=O. The van der Waals surface area contributed by atoms with Crippen molar-refractivity contribution in [2.24, 2.45) is 0 Å². The number of halogens is 2. The van der Waals surface area contributed by atoms with Gasteiger partial charge in [0.15, 0.2) is 0 Å². The predicted molar refractivity (Wildman–Crippen MR) is 58.1 cm³/mol. The number of carbonyl (C=O) groups is 1. The van der Waals surface area contributed by atoms with Crippen LogP contribution < -0.4 is 5.56 Å². The van der Waals surface area contributed by atoms with Crippen molar-refractivity contribution in [3.8, 4) is 0 Å². The molecular formula is C11H12F2N2O3. The second-order valence-electron chi connectivity index (χ2n) is 4.29. The third-order valence-electron chi connectivity index (χ3n) is 3.11. The summed E-state index contributed by atoms with van der Waals surface area (Å²) in [6, 6.07) is 0. The fourth-order valence-electron chi connectivity index (χ4n) is 1.97. The Kier molecular flexibility index (Phi) is 3.40. The molecule has 2 rings (SSSR count). The highest BCUT2D eigenvalue weighted by molar-refractivity contribution is 5.88. The van der Waals surface area contributed by atoms with Gasteiger partial charge in [-0.1, -0.05) is 6.42 Å². The number of carboxylic acids is 1. The van der Waals surface area contributed by atoms with Crippen molar-refractivity contribution in [1.82, 2.24) is 9.55 Å². The van der Waals surface area contributed by atoms with Crippen LogP contribution in [0.25, 0.3) is 0 Å². The van der Waals surface area contributed by atoms with Gasteiger partial charge in [0.1, 0.15) is 5.56 Å². The van der Waals surface area contributed by atoms with E-state index in [1.165, 1.54) is 0 Å². The van der Waals surface area contributed by atoms with E-state index in [-0.39, 0.29) is 11.6 Å². The molecule has 0 saturated heterocycles. The van der Waals surface area contributed by atoms with Gasteiger partial charge >= 0.3 is 5.97 Å². The zero-order valence-corrected chi connectivity index (χ0v) is 9.47. The molecule has 0 bridgehead atoms. The summed E-state index contributed by atoms with van der Waals surface area (Å²) in [6.07, 6.45) is 0.817. The lowest BCUT2D eigenvalue weighted by Gasteiger charge is -2.25. The first-order valence-electron chi connectivity index (χ1n) is 5.61. The third-order valence-corrected chi connectivity index (χ3v) is 3.11. The molecule has 0 aromatic carbocycles. The topological polar surface area (TPSA) is 72.2 Å². The molecular weight excluding hydrogens is 246 g/mol. The lowest BCUT2D eigenvalue weighted by Crippen LogP contribution is -2.32. The molecule has 1 fully saturated rings. The number of carboxylic acid groups (broad SMARTS) is 1. The number of rotatable bonds is 4. The van der Waals surface area contributed by atoms with Gasteiger partial charge in [-0.3, -0.25) is 9.36 Å². The van der Waals surface area contributed by atoms with E-state index in [1.807, 2.05) is 0 Å². The molecule has 1 aromatic rings. The Hall–Kier alpha value is -1.79. The Balaban J connectivity index is 2.47. The summed E-state index contributed by atoms with van der Waals surface area (Å²) >= 11 is 0. The Morgan fingerprint density at radius 2 is 2.22 bits per heavy atom. The van der Waals surface area contributed by atoms with Crippen molar-refractivity contribution < 1.29 is 18.7 Å². The Labute approximate surface area is 101 Å². The summed E-state index contributed by atoms with van der Waals surface area (Å²) < 4.78 is 25.1. The number of alkyl halides is 2. The summed E-state index contributed by atoms with van der Waals surface area (Å²) in [5, 5.41) is 9.03. The smallest absolute Gasteiger partial charge is 0.343 e. The van der Waals surface area contributed by atoms with Crippen LogP contribution in [0.15, 0.2) is 11.1 Å². The minimum absolute atomic E-state index is 0.0370. The molecule has 98 valence electrons. The van der Waals surface area contributed by atoms with E-state index in [0.29, 0.717) is 4.57 Å². The minimum Gasteiger partial charge on any atom is -0.477 e. The Morgan fingerprint density at radius 3 is 2.67 bits per heavy atom. The van der Waals surface area contributed by atoms with Crippen LogP contribution in [-0.4, -0.2) is 27.1 Å². The normalized spacial score (nSPS) is 15.7. The number of aromatic nitrogens is 2. The maximum absolute atomic E-state index is 12.2. The fraction of sp³-hybridized carbons (Fsp3) is 0.545. The maximum Gasteiger partial charge on any atom is 0.343 e. The van der Waals surface area contributed by atoms with Crippen LogP contribution in [0.3, 0.4) is 0 Å². The van der Waals surface area contributed by atoms with Gasteiger partial charge in [-0.2, -0.15) is 0 Å². The van der Waals surface area contributed by atoms with Gasteiger partial charge in [0, 0.05) is 5.92 Å². The Morgan fingerprint density at radius 1 is 1.56 bits per heavy atom.